The Morgan fingerprint density at radius 1 is 1.18 bits per heavy atom. The van der Waals surface area contributed by atoms with Gasteiger partial charge in [0.25, 0.3) is 0 Å². The van der Waals surface area contributed by atoms with Gasteiger partial charge in [-0.1, -0.05) is 24.1 Å². The Labute approximate surface area is 165 Å². The highest BCUT2D eigenvalue weighted by Gasteiger charge is 2.46. The van der Waals surface area contributed by atoms with Crippen LogP contribution in [0, 0.1) is 0 Å². The van der Waals surface area contributed by atoms with E-state index in [0.29, 0.717) is 23.9 Å². The number of carbonyl (C=O) groups is 1. The third-order valence-electron chi connectivity index (χ3n) is 6.25. The SMILES string of the molecule is COc1ccc(C2(C(=O)N3CCC[C@@H](c4ncon4)C3)CCCC2)cc1OC. The smallest absolute Gasteiger partial charge is 0.233 e. The Bertz CT molecular complexity index is 815. The zero-order valence-electron chi connectivity index (χ0n) is 16.5. The molecule has 1 aromatic carbocycles. The van der Waals surface area contributed by atoms with Gasteiger partial charge in [-0.05, 0) is 43.4 Å². The molecule has 0 radical (unpaired) electrons. The molecule has 1 aliphatic heterocycles. The lowest BCUT2D eigenvalue weighted by atomic mass is 9.76. The molecule has 2 aliphatic rings. The van der Waals surface area contributed by atoms with E-state index in [1.54, 1.807) is 14.2 Å². The first kappa shape index (κ1) is 18.8. The fourth-order valence-corrected chi connectivity index (χ4v) is 4.77. The first-order valence-electron chi connectivity index (χ1n) is 9.96. The zero-order valence-corrected chi connectivity index (χ0v) is 16.5. The predicted molar refractivity (Wildman–Crippen MR) is 103 cm³/mol. The number of hydrogen-bond donors (Lipinski definition) is 0. The fraction of sp³-hybridized carbons (Fsp3) is 0.571. The molecule has 0 bridgehead atoms. The van der Waals surface area contributed by atoms with Gasteiger partial charge in [0.2, 0.25) is 12.3 Å². The molecule has 1 saturated carbocycles. The van der Waals surface area contributed by atoms with E-state index < -0.39 is 5.41 Å². The summed E-state index contributed by atoms with van der Waals surface area (Å²) >= 11 is 0. The number of likely N-dealkylation sites (tertiary alicyclic amines) is 1. The van der Waals surface area contributed by atoms with Crippen LogP contribution in [0.25, 0.3) is 0 Å². The zero-order chi connectivity index (χ0) is 19.6. The second kappa shape index (κ2) is 7.81. The van der Waals surface area contributed by atoms with Crippen LogP contribution in [0.15, 0.2) is 29.1 Å². The van der Waals surface area contributed by atoms with Crippen LogP contribution in [0.4, 0.5) is 0 Å². The lowest BCUT2D eigenvalue weighted by molar-refractivity contribution is -0.138. The van der Waals surface area contributed by atoms with Crippen molar-refractivity contribution in [2.24, 2.45) is 0 Å². The second-order valence-electron chi connectivity index (χ2n) is 7.74. The summed E-state index contributed by atoms with van der Waals surface area (Å²) in [5, 5.41) is 3.99. The molecular weight excluding hydrogens is 358 g/mol. The topological polar surface area (TPSA) is 77.7 Å². The van der Waals surface area contributed by atoms with Crippen LogP contribution in [-0.2, 0) is 10.2 Å². The summed E-state index contributed by atoms with van der Waals surface area (Å²) in [5.74, 6) is 2.40. The number of piperidine rings is 1. The molecule has 0 spiro atoms. The molecule has 0 N–H and O–H groups in total. The van der Waals surface area contributed by atoms with Crippen LogP contribution in [-0.4, -0.2) is 48.3 Å². The number of aromatic nitrogens is 2. The van der Waals surface area contributed by atoms with Gasteiger partial charge < -0.3 is 18.9 Å². The summed E-state index contributed by atoms with van der Waals surface area (Å²) < 4.78 is 15.8. The molecule has 1 aliphatic carbocycles. The Hall–Kier alpha value is -2.57. The Morgan fingerprint density at radius 2 is 1.96 bits per heavy atom. The lowest BCUT2D eigenvalue weighted by Gasteiger charge is -2.39. The van der Waals surface area contributed by atoms with Crippen LogP contribution >= 0.6 is 0 Å². The molecule has 1 saturated heterocycles. The largest absolute Gasteiger partial charge is 0.493 e. The maximum atomic E-state index is 13.8. The van der Waals surface area contributed by atoms with E-state index >= 15 is 0 Å². The average molecular weight is 385 g/mol. The van der Waals surface area contributed by atoms with Crippen molar-refractivity contribution in [3.05, 3.63) is 36.0 Å². The predicted octanol–water partition coefficient (Wildman–Crippen LogP) is 3.30. The Kier molecular flexibility index (Phi) is 5.24. The standard InChI is InChI=1S/C21H27N3O4/c1-26-17-8-7-16(12-18(17)27-2)21(9-3-4-10-21)20(25)24-11-5-6-15(13-24)19-22-14-28-23-19/h7-8,12,14-15H,3-6,9-11,13H2,1-2H3/t15-/m1/s1. The molecule has 28 heavy (non-hydrogen) atoms. The van der Waals surface area contributed by atoms with Gasteiger partial charge in [-0.2, -0.15) is 4.98 Å². The van der Waals surface area contributed by atoms with E-state index in [1.807, 2.05) is 23.1 Å². The number of ether oxygens (including phenoxy) is 2. The molecule has 2 aromatic rings. The van der Waals surface area contributed by atoms with Crippen molar-refractivity contribution in [1.82, 2.24) is 15.0 Å². The van der Waals surface area contributed by atoms with Crippen molar-refractivity contribution >= 4 is 5.91 Å². The highest BCUT2D eigenvalue weighted by molar-refractivity contribution is 5.89. The highest BCUT2D eigenvalue weighted by Crippen LogP contribution is 2.45. The van der Waals surface area contributed by atoms with Gasteiger partial charge in [-0.3, -0.25) is 4.79 Å². The summed E-state index contributed by atoms with van der Waals surface area (Å²) in [5.41, 5.74) is 0.535. The number of benzene rings is 1. The van der Waals surface area contributed by atoms with E-state index in [2.05, 4.69) is 10.1 Å². The van der Waals surface area contributed by atoms with Crippen LogP contribution in [0.5, 0.6) is 11.5 Å². The summed E-state index contributed by atoms with van der Waals surface area (Å²) in [6.07, 6.45) is 7.14. The minimum Gasteiger partial charge on any atom is -0.493 e. The molecule has 1 aromatic heterocycles. The monoisotopic (exact) mass is 385 g/mol. The number of rotatable bonds is 5. The van der Waals surface area contributed by atoms with Crippen molar-refractivity contribution in [2.75, 3.05) is 27.3 Å². The maximum Gasteiger partial charge on any atom is 0.233 e. The van der Waals surface area contributed by atoms with Crippen molar-refractivity contribution in [3.8, 4) is 11.5 Å². The molecule has 4 rings (SSSR count). The Balaban J connectivity index is 1.63. The van der Waals surface area contributed by atoms with Gasteiger partial charge >= 0.3 is 0 Å². The number of nitrogens with zero attached hydrogens (tertiary/aromatic N) is 3. The van der Waals surface area contributed by atoms with Crippen LogP contribution in [0.3, 0.4) is 0 Å². The van der Waals surface area contributed by atoms with E-state index in [9.17, 15) is 4.79 Å². The molecule has 2 fully saturated rings. The maximum absolute atomic E-state index is 13.8. The molecule has 2 heterocycles. The van der Waals surface area contributed by atoms with Crippen LogP contribution in [0.2, 0.25) is 0 Å². The minimum absolute atomic E-state index is 0.139. The number of carbonyl (C=O) groups excluding carboxylic acids is 1. The van der Waals surface area contributed by atoms with Crippen LogP contribution in [0.1, 0.15) is 55.8 Å². The quantitative estimate of drug-likeness (QED) is 0.786. The fourth-order valence-electron chi connectivity index (χ4n) is 4.77. The normalized spacial score (nSPS) is 21.5. The molecule has 1 atom stereocenters. The second-order valence-corrected chi connectivity index (χ2v) is 7.74. The van der Waals surface area contributed by atoms with Gasteiger partial charge in [-0.25, -0.2) is 0 Å². The Morgan fingerprint density at radius 3 is 2.64 bits per heavy atom. The van der Waals surface area contributed by atoms with Gasteiger partial charge in [0.1, 0.15) is 0 Å². The van der Waals surface area contributed by atoms with E-state index in [1.165, 1.54) is 6.39 Å². The highest BCUT2D eigenvalue weighted by atomic mass is 16.5. The number of hydrogen-bond acceptors (Lipinski definition) is 6. The van der Waals surface area contributed by atoms with Gasteiger partial charge in [0.05, 0.1) is 19.6 Å². The van der Waals surface area contributed by atoms with Crippen molar-refractivity contribution in [1.29, 1.82) is 0 Å². The van der Waals surface area contributed by atoms with Gasteiger partial charge in [0.15, 0.2) is 17.3 Å². The lowest BCUT2D eigenvalue weighted by Crippen LogP contribution is -2.49. The van der Waals surface area contributed by atoms with Crippen molar-refractivity contribution < 1.29 is 18.8 Å². The summed E-state index contributed by atoms with van der Waals surface area (Å²) in [6.45, 7) is 1.43. The minimum atomic E-state index is -0.487. The molecule has 150 valence electrons. The van der Waals surface area contributed by atoms with Crippen molar-refractivity contribution in [3.63, 3.8) is 0 Å². The molecule has 0 unspecified atom stereocenters. The number of methoxy groups -OCH3 is 2. The summed E-state index contributed by atoms with van der Waals surface area (Å²) in [6, 6.07) is 5.90. The molecule has 7 heteroatoms. The average Bonchev–Trinajstić information content (AvgIpc) is 3.45. The first-order valence-corrected chi connectivity index (χ1v) is 9.96. The van der Waals surface area contributed by atoms with Crippen LogP contribution < -0.4 is 9.47 Å². The van der Waals surface area contributed by atoms with Gasteiger partial charge in [0, 0.05) is 19.0 Å². The summed E-state index contributed by atoms with van der Waals surface area (Å²) in [7, 11) is 3.25. The first-order chi connectivity index (χ1) is 13.7. The van der Waals surface area contributed by atoms with Gasteiger partial charge in [-0.15, -0.1) is 0 Å². The van der Waals surface area contributed by atoms with E-state index in [0.717, 1.165) is 50.6 Å². The third kappa shape index (κ3) is 3.23. The van der Waals surface area contributed by atoms with Crippen molar-refractivity contribution in [2.45, 2.75) is 49.9 Å². The molecule has 1 amide bonds. The number of amides is 1. The molecule has 7 nitrogen and oxygen atoms in total. The van der Waals surface area contributed by atoms with E-state index in [4.69, 9.17) is 14.0 Å². The molecular formula is C21H27N3O4. The van der Waals surface area contributed by atoms with E-state index in [-0.39, 0.29) is 11.8 Å². The third-order valence-corrected chi connectivity index (χ3v) is 6.25. The summed E-state index contributed by atoms with van der Waals surface area (Å²) in [4.78, 5) is 20.0.